The Balaban J connectivity index is 2.01. The number of aliphatic hydroxyl groups is 2. The summed E-state index contributed by atoms with van der Waals surface area (Å²) in [4.78, 5) is 34.9. The van der Waals surface area contributed by atoms with Gasteiger partial charge in [-0.2, -0.15) is 4.98 Å². The van der Waals surface area contributed by atoms with Crippen molar-refractivity contribution in [2.75, 3.05) is 5.32 Å². The summed E-state index contributed by atoms with van der Waals surface area (Å²) in [6.07, 6.45) is 0.268. The van der Waals surface area contributed by atoms with Crippen LogP contribution in [0.1, 0.15) is 32.6 Å². The standard InChI is InChI=1S/C15H21N5O4S/c1-4-7-9(21)10(22)14(25-7)20-5-16-8-11(20)17-15(19-13(8)24)18-12(23)6(2)3/h5-7,9-10,14,21-22H,4H2,1-3H3,(H2,17,18,19,23,24)/t7-,9-,10-,14-/m1/s1. The molecule has 0 aliphatic carbocycles. The fourth-order valence-corrected chi connectivity index (χ4v) is 4.21. The van der Waals surface area contributed by atoms with Crippen LogP contribution in [0.4, 0.5) is 5.95 Å². The molecule has 1 aliphatic heterocycles. The van der Waals surface area contributed by atoms with Gasteiger partial charge < -0.3 is 10.2 Å². The molecule has 4 N–H and O–H groups in total. The highest BCUT2D eigenvalue weighted by molar-refractivity contribution is 8.00. The van der Waals surface area contributed by atoms with Crippen molar-refractivity contribution in [2.45, 2.75) is 50.0 Å². The van der Waals surface area contributed by atoms with Crippen LogP contribution in [0.2, 0.25) is 0 Å². The summed E-state index contributed by atoms with van der Waals surface area (Å²) in [5.41, 5.74) is -0.110. The Morgan fingerprint density at radius 2 is 2.16 bits per heavy atom. The van der Waals surface area contributed by atoms with Gasteiger partial charge in [-0.1, -0.05) is 20.8 Å². The maximum absolute atomic E-state index is 12.2. The summed E-state index contributed by atoms with van der Waals surface area (Å²) < 4.78 is 1.57. The van der Waals surface area contributed by atoms with E-state index in [2.05, 4.69) is 20.3 Å². The van der Waals surface area contributed by atoms with Crippen LogP contribution in [0, 0.1) is 5.92 Å². The van der Waals surface area contributed by atoms with Gasteiger partial charge in [0.05, 0.1) is 12.4 Å². The molecular weight excluding hydrogens is 346 g/mol. The van der Waals surface area contributed by atoms with Gasteiger partial charge in [-0.15, -0.1) is 11.8 Å². The molecule has 2 aromatic heterocycles. The minimum Gasteiger partial charge on any atom is -0.389 e. The quantitative estimate of drug-likeness (QED) is 0.617. The summed E-state index contributed by atoms with van der Waals surface area (Å²) in [7, 11) is 0. The van der Waals surface area contributed by atoms with E-state index in [9.17, 15) is 19.8 Å². The molecule has 136 valence electrons. The van der Waals surface area contributed by atoms with Crippen LogP contribution in [0.15, 0.2) is 11.1 Å². The van der Waals surface area contributed by atoms with E-state index in [0.717, 1.165) is 0 Å². The molecule has 3 heterocycles. The minimum absolute atomic E-state index is 0.0306. The molecule has 1 aliphatic rings. The average molecular weight is 367 g/mol. The lowest BCUT2D eigenvalue weighted by Gasteiger charge is -2.17. The molecule has 0 bridgehead atoms. The van der Waals surface area contributed by atoms with Crippen LogP contribution in [-0.4, -0.2) is 53.1 Å². The number of carbonyl (C=O) groups is 1. The molecule has 25 heavy (non-hydrogen) atoms. The fraction of sp³-hybridized carbons (Fsp3) is 0.600. The Kier molecular flexibility index (Phi) is 4.85. The van der Waals surface area contributed by atoms with Crippen molar-refractivity contribution in [1.82, 2.24) is 19.5 Å². The Morgan fingerprint density at radius 3 is 2.76 bits per heavy atom. The minimum atomic E-state index is -0.998. The molecule has 1 amide bonds. The first-order chi connectivity index (χ1) is 11.8. The monoisotopic (exact) mass is 367 g/mol. The zero-order chi connectivity index (χ0) is 18.3. The highest BCUT2D eigenvalue weighted by Gasteiger charge is 2.43. The summed E-state index contributed by atoms with van der Waals surface area (Å²) in [6.45, 7) is 5.40. The van der Waals surface area contributed by atoms with Gasteiger partial charge >= 0.3 is 0 Å². The number of rotatable bonds is 4. The second-order valence-electron chi connectivity index (χ2n) is 6.34. The number of fused-ring (bicyclic) bond motifs is 1. The van der Waals surface area contributed by atoms with E-state index < -0.39 is 23.1 Å². The predicted molar refractivity (Wildman–Crippen MR) is 94.3 cm³/mol. The number of hydrogen-bond donors (Lipinski definition) is 4. The number of aromatic nitrogens is 4. The highest BCUT2D eigenvalue weighted by Crippen LogP contribution is 2.43. The second kappa shape index (κ2) is 6.77. The Labute approximate surface area is 147 Å². The van der Waals surface area contributed by atoms with Gasteiger partial charge in [0.15, 0.2) is 11.2 Å². The van der Waals surface area contributed by atoms with Gasteiger partial charge in [-0.05, 0) is 6.42 Å². The highest BCUT2D eigenvalue weighted by atomic mass is 32.2. The van der Waals surface area contributed by atoms with Gasteiger partial charge in [0.25, 0.3) is 5.56 Å². The number of H-pyrrole nitrogens is 1. The van der Waals surface area contributed by atoms with Crippen LogP contribution >= 0.6 is 11.8 Å². The smallest absolute Gasteiger partial charge is 0.280 e. The van der Waals surface area contributed by atoms with E-state index in [-0.39, 0.29) is 34.2 Å². The molecule has 1 fully saturated rings. The van der Waals surface area contributed by atoms with Gasteiger partial charge in [0, 0.05) is 11.2 Å². The van der Waals surface area contributed by atoms with Crippen LogP contribution in [0.5, 0.6) is 0 Å². The first-order valence-corrected chi connectivity index (χ1v) is 9.07. The molecule has 0 unspecified atom stereocenters. The summed E-state index contributed by atoms with van der Waals surface area (Å²) >= 11 is 1.41. The first-order valence-electron chi connectivity index (χ1n) is 8.12. The van der Waals surface area contributed by atoms with Crippen molar-refractivity contribution in [2.24, 2.45) is 5.92 Å². The van der Waals surface area contributed by atoms with E-state index in [4.69, 9.17) is 0 Å². The Morgan fingerprint density at radius 1 is 1.44 bits per heavy atom. The number of imidazole rings is 1. The molecule has 0 aromatic carbocycles. The van der Waals surface area contributed by atoms with Crippen molar-refractivity contribution in [3.05, 3.63) is 16.7 Å². The first kappa shape index (κ1) is 17.9. The molecule has 0 spiro atoms. The maximum atomic E-state index is 12.2. The van der Waals surface area contributed by atoms with Crippen molar-refractivity contribution in [3.63, 3.8) is 0 Å². The number of nitrogens with one attached hydrogen (secondary N) is 2. The van der Waals surface area contributed by atoms with Crippen molar-refractivity contribution < 1.29 is 15.0 Å². The normalized spacial score (nSPS) is 26.5. The van der Waals surface area contributed by atoms with E-state index in [0.29, 0.717) is 6.42 Å². The SMILES string of the molecule is CC[C@H]1S[C@@H](n2cnc3c(=O)[nH]c(NC(=O)C(C)C)nc32)[C@H](O)[C@@H]1O. The summed E-state index contributed by atoms with van der Waals surface area (Å²) in [5.74, 6) is -0.507. The largest absolute Gasteiger partial charge is 0.389 e. The average Bonchev–Trinajstić information content (AvgIpc) is 3.10. The zero-order valence-electron chi connectivity index (χ0n) is 14.1. The molecule has 0 radical (unpaired) electrons. The topological polar surface area (TPSA) is 133 Å². The van der Waals surface area contributed by atoms with Crippen molar-refractivity contribution in [1.29, 1.82) is 0 Å². The van der Waals surface area contributed by atoms with Crippen LogP contribution < -0.4 is 10.9 Å². The molecule has 4 atom stereocenters. The van der Waals surface area contributed by atoms with E-state index in [1.54, 1.807) is 18.4 Å². The number of thioether (sulfide) groups is 1. The summed E-state index contributed by atoms with van der Waals surface area (Å²) in [6, 6.07) is 0. The third kappa shape index (κ3) is 3.16. The maximum Gasteiger partial charge on any atom is 0.280 e. The van der Waals surface area contributed by atoms with Gasteiger partial charge in [-0.25, -0.2) is 4.98 Å². The van der Waals surface area contributed by atoms with E-state index in [1.165, 1.54) is 18.1 Å². The lowest BCUT2D eigenvalue weighted by molar-refractivity contribution is -0.118. The second-order valence-corrected chi connectivity index (χ2v) is 7.70. The number of carbonyl (C=O) groups excluding carboxylic acids is 1. The van der Waals surface area contributed by atoms with Gasteiger partial charge in [-0.3, -0.25) is 24.5 Å². The lowest BCUT2D eigenvalue weighted by atomic mass is 10.1. The van der Waals surface area contributed by atoms with Gasteiger partial charge in [0.2, 0.25) is 11.9 Å². The Hall–Kier alpha value is -1.91. The van der Waals surface area contributed by atoms with Crippen LogP contribution in [0.25, 0.3) is 11.2 Å². The van der Waals surface area contributed by atoms with Gasteiger partial charge in [0.1, 0.15) is 11.5 Å². The lowest BCUT2D eigenvalue weighted by Crippen LogP contribution is -2.31. The van der Waals surface area contributed by atoms with E-state index >= 15 is 0 Å². The molecule has 10 heteroatoms. The number of nitrogens with zero attached hydrogens (tertiary/aromatic N) is 3. The molecule has 3 rings (SSSR count). The molecular formula is C15H21N5O4S. The van der Waals surface area contributed by atoms with Crippen molar-refractivity contribution >= 4 is 34.8 Å². The number of aliphatic hydroxyl groups excluding tert-OH is 2. The third-order valence-electron chi connectivity index (χ3n) is 4.21. The molecule has 1 saturated heterocycles. The third-order valence-corrected chi connectivity index (χ3v) is 5.96. The molecule has 2 aromatic rings. The number of aromatic amines is 1. The Bertz CT molecular complexity index is 848. The number of hydrogen-bond acceptors (Lipinski definition) is 7. The molecule has 9 nitrogen and oxygen atoms in total. The van der Waals surface area contributed by atoms with Crippen LogP contribution in [-0.2, 0) is 4.79 Å². The molecule has 0 saturated carbocycles. The van der Waals surface area contributed by atoms with Crippen LogP contribution in [0.3, 0.4) is 0 Å². The fourth-order valence-electron chi connectivity index (χ4n) is 2.73. The van der Waals surface area contributed by atoms with E-state index in [1.807, 2.05) is 6.92 Å². The number of anilines is 1. The zero-order valence-corrected chi connectivity index (χ0v) is 14.9. The predicted octanol–water partition coefficient (Wildman–Crippen LogP) is 0.460. The number of amides is 1. The van der Waals surface area contributed by atoms with Crippen molar-refractivity contribution in [3.8, 4) is 0 Å². The summed E-state index contributed by atoms with van der Waals surface area (Å²) in [5, 5.41) is 22.4.